The zero-order valence-electron chi connectivity index (χ0n) is 21.3. The van der Waals surface area contributed by atoms with Crippen LogP contribution in [0.2, 0.25) is 5.02 Å². The minimum Gasteiger partial charge on any atom is -0.351 e. The van der Waals surface area contributed by atoms with Gasteiger partial charge in [-0.25, -0.2) is 22.8 Å². The second-order valence-corrected chi connectivity index (χ2v) is 12.1. The van der Waals surface area contributed by atoms with Gasteiger partial charge in [0.1, 0.15) is 5.82 Å². The van der Waals surface area contributed by atoms with E-state index in [1.165, 1.54) is 18.2 Å². The molecular formula is C28H32ClFN4O2S. The lowest BCUT2D eigenvalue weighted by molar-refractivity contribution is 0.221. The Balaban J connectivity index is 1.40. The average molecular weight is 543 g/mol. The molecule has 2 aromatic carbocycles. The Morgan fingerprint density at radius 2 is 1.76 bits per heavy atom. The number of aryl methyl sites for hydroxylation is 1. The standard InChI is InChI=1S/C28H32ClFN4O2S/c1-19-14-22(18-37(35,36)27-7-5-4-6-25(27)29)26(30)15-21(19)9-8-20-16-31-28(32-17-20)33-23-10-12-24(13-11-23)34(2)3/h4-9,14-17,23-24H,10-13,18H2,1-3H3,(H,31,32,33)/b9-8+. The number of benzene rings is 2. The van der Waals surface area contributed by atoms with Gasteiger partial charge in [-0.05, 0) is 76.0 Å². The maximum Gasteiger partial charge on any atom is 0.222 e. The van der Waals surface area contributed by atoms with Gasteiger partial charge in [0.15, 0.2) is 9.84 Å². The molecule has 0 spiro atoms. The molecule has 1 N–H and O–H groups in total. The largest absolute Gasteiger partial charge is 0.351 e. The first-order valence-corrected chi connectivity index (χ1v) is 14.3. The van der Waals surface area contributed by atoms with Crippen LogP contribution in [0.3, 0.4) is 0 Å². The van der Waals surface area contributed by atoms with Gasteiger partial charge in [-0.15, -0.1) is 0 Å². The Morgan fingerprint density at radius 3 is 2.41 bits per heavy atom. The van der Waals surface area contributed by atoms with Crippen molar-refractivity contribution in [2.45, 2.75) is 55.3 Å². The van der Waals surface area contributed by atoms with Gasteiger partial charge in [0.25, 0.3) is 0 Å². The van der Waals surface area contributed by atoms with Crippen LogP contribution in [0.15, 0.2) is 53.7 Å². The third-order valence-corrected chi connectivity index (χ3v) is 9.00. The van der Waals surface area contributed by atoms with E-state index in [0.29, 0.717) is 23.6 Å². The van der Waals surface area contributed by atoms with Gasteiger partial charge in [0, 0.05) is 35.6 Å². The molecule has 0 bridgehead atoms. The van der Waals surface area contributed by atoms with Crippen LogP contribution in [0.4, 0.5) is 10.3 Å². The minimum atomic E-state index is -3.79. The van der Waals surface area contributed by atoms with E-state index in [0.717, 1.165) is 36.8 Å². The van der Waals surface area contributed by atoms with Crippen LogP contribution in [0, 0.1) is 12.7 Å². The number of rotatable bonds is 8. The maximum atomic E-state index is 14.9. The average Bonchev–Trinajstić information content (AvgIpc) is 2.86. The van der Waals surface area contributed by atoms with E-state index in [1.807, 2.05) is 13.0 Å². The monoisotopic (exact) mass is 542 g/mol. The fourth-order valence-corrected chi connectivity index (χ4v) is 6.56. The number of nitrogens with zero attached hydrogens (tertiary/aromatic N) is 3. The summed E-state index contributed by atoms with van der Waals surface area (Å²) in [6.45, 7) is 1.82. The van der Waals surface area contributed by atoms with Crippen LogP contribution in [0.1, 0.15) is 47.9 Å². The smallest absolute Gasteiger partial charge is 0.222 e. The molecule has 6 nitrogen and oxygen atoms in total. The lowest BCUT2D eigenvalue weighted by Gasteiger charge is -2.32. The minimum absolute atomic E-state index is 0.00289. The molecule has 1 aliphatic rings. The molecule has 0 saturated heterocycles. The Morgan fingerprint density at radius 1 is 1.08 bits per heavy atom. The van der Waals surface area contributed by atoms with Gasteiger partial charge in [0.05, 0.1) is 15.7 Å². The first-order chi connectivity index (χ1) is 17.6. The van der Waals surface area contributed by atoms with Gasteiger partial charge in [-0.1, -0.05) is 42.0 Å². The molecule has 1 saturated carbocycles. The second-order valence-electron chi connectivity index (χ2n) is 9.78. The molecular weight excluding hydrogens is 511 g/mol. The molecule has 0 amide bonds. The molecule has 1 aliphatic carbocycles. The summed E-state index contributed by atoms with van der Waals surface area (Å²) >= 11 is 6.05. The van der Waals surface area contributed by atoms with Crippen LogP contribution in [0.25, 0.3) is 12.2 Å². The van der Waals surface area contributed by atoms with Crippen molar-refractivity contribution in [3.63, 3.8) is 0 Å². The van der Waals surface area contributed by atoms with Crippen LogP contribution in [-0.2, 0) is 15.6 Å². The van der Waals surface area contributed by atoms with Crippen molar-refractivity contribution in [1.82, 2.24) is 14.9 Å². The van der Waals surface area contributed by atoms with Crippen LogP contribution in [0.5, 0.6) is 0 Å². The van der Waals surface area contributed by atoms with Gasteiger partial charge in [0.2, 0.25) is 5.95 Å². The normalized spacial score (nSPS) is 18.4. The molecule has 196 valence electrons. The topological polar surface area (TPSA) is 75.2 Å². The molecule has 0 aliphatic heterocycles. The number of anilines is 1. The lowest BCUT2D eigenvalue weighted by Crippen LogP contribution is -2.36. The Kier molecular flexibility index (Phi) is 8.62. The first kappa shape index (κ1) is 27.2. The molecule has 0 radical (unpaired) electrons. The van der Waals surface area contributed by atoms with E-state index >= 15 is 0 Å². The number of sulfone groups is 1. The molecule has 0 unspecified atom stereocenters. The van der Waals surface area contributed by atoms with Crippen LogP contribution >= 0.6 is 11.6 Å². The molecule has 1 fully saturated rings. The highest BCUT2D eigenvalue weighted by molar-refractivity contribution is 7.90. The van der Waals surface area contributed by atoms with Gasteiger partial charge in [-0.3, -0.25) is 0 Å². The number of hydrogen-bond acceptors (Lipinski definition) is 6. The van der Waals surface area contributed by atoms with Crippen LogP contribution in [-0.4, -0.2) is 49.5 Å². The SMILES string of the molecule is Cc1cc(CS(=O)(=O)c2ccccc2Cl)c(F)cc1/C=C/c1cnc(NC2CCC(N(C)C)CC2)nc1. The number of aromatic nitrogens is 2. The fraction of sp³-hybridized carbons (Fsp3) is 0.357. The van der Waals surface area contributed by atoms with E-state index in [-0.39, 0.29) is 15.5 Å². The highest BCUT2D eigenvalue weighted by Gasteiger charge is 2.23. The summed E-state index contributed by atoms with van der Waals surface area (Å²) in [4.78, 5) is 11.2. The predicted octanol–water partition coefficient (Wildman–Crippen LogP) is 6.01. The highest BCUT2D eigenvalue weighted by Crippen LogP contribution is 2.27. The number of nitrogens with one attached hydrogen (secondary N) is 1. The molecule has 37 heavy (non-hydrogen) atoms. The summed E-state index contributed by atoms with van der Waals surface area (Å²) in [5.41, 5.74) is 2.30. The Hall–Kier alpha value is -2.81. The molecule has 4 rings (SSSR count). The summed E-state index contributed by atoms with van der Waals surface area (Å²) in [5, 5.41) is 3.55. The first-order valence-electron chi connectivity index (χ1n) is 12.3. The van der Waals surface area contributed by atoms with E-state index in [9.17, 15) is 12.8 Å². The van der Waals surface area contributed by atoms with E-state index in [1.54, 1.807) is 36.7 Å². The second kappa shape index (κ2) is 11.7. The van der Waals surface area contributed by atoms with Crippen molar-refractivity contribution in [3.05, 3.63) is 81.9 Å². The molecule has 0 atom stereocenters. The molecule has 1 heterocycles. The summed E-state index contributed by atoms with van der Waals surface area (Å²) in [6, 6.07) is 10.1. The summed E-state index contributed by atoms with van der Waals surface area (Å²) in [7, 11) is 0.472. The van der Waals surface area contributed by atoms with Crippen molar-refractivity contribution in [2.24, 2.45) is 0 Å². The summed E-state index contributed by atoms with van der Waals surface area (Å²) in [6.07, 6.45) is 11.6. The molecule has 3 aromatic rings. The Bertz CT molecular complexity index is 1370. The summed E-state index contributed by atoms with van der Waals surface area (Å²) in [5.74, 6) is -0.440. The Labute approximate surface area is 223 Å². The molecule has 9 heteroatoms. The zero-order valence-corrected chi connectivity index (χ0v) is 22.9. The van der Waals surface area contributed by atoms with Gasteiger partial charge < -0.3 is 10.2 Å². The molecule has 1 aromatic heterocycles. The van der Waals surface area contributed by atoms with Crippen molar-refractivity contribution >= 4 is 39.5 Å². The highest BCUT2D eigenvalue weighted by atomic mass is 35.5. The van der Waals surface area contributed by atoms with Crippen molar-refractivity contribution in [3.8, 4) is 0 Å². The lowest BCUT2D eigenvalue weighted by atomic mass is 9.91. The quantitative estimate of drug-likeness (QED) is 0.376. The van der Waals surface area contributed by atoms with E-state index in [4.69, 9.17) is 11.6 Å². The van der Waals surface area contributed by atoms with E-state index < -0.39 is 21.4 Å². The predicted molar refractivity (Wildman–Crippen MR) is 148 cm³/mol. The summed E-state index contributed by atoms with van der Waals surface area (Å²) < 4.78 is 40.5. The fourth-order valence-electron chi connectivity index (χ4n) is 4.63. The van der Waals surface area contributed by atoms with Crippen LogP contribution < -0.4 is 5.32 Å². The number of hydrogen-bond donors (Lipinski definition) is 1. The third kappa shape index (κ3) is 6.94. The van der Waals surface area contributed by atoms with E-state index in [2.05, 4.69) is 34.3 Å². The van der Waals surface area contributed by atoms with Gasteiger partial charge >= 0.3 is 0 Å². The van der Waals surface area contributed by atoms with Crippen molar-refractivity contribution < 1.29 is 12.8 Å². The zero-order chi connectivity index (χ0) is 26.6. The third-order valence-electron chi connectivity index (χ3n) is 6.84. The maximum absolute atomic E-state index is 14.9. The van der Waals surface area contributed by atoms with Crippen molar-refractivity contribution in [2.75, 3.05) is 19.4 Å². The van der Waals surface area contributed by atoms with Gasteiger partial charge in [-0.2, -0.15) is 0 Å². The van der Waals surface area contributed by atoms with Crippen molar-refractivity contribution in [1.29, 1.82) is 0 Å². The number of halogens is 2.